The average molecular weight is 293 g/mol. The average Bonchev–Trinajstić information content (AvgIpc) is 2.58. The largest absolute Gasteiger partial charge is 0.453 e. The summed E-state index contributed by atoms with van der Waals surface area (Å²) in [4.78, 5) is 0. The van der Waals surface area contributed by atoms with Crippen molar-refractivity contribution in [3.63, 3.8) is 0 Å². The minimum absolute atomic E-state index is 0.186. The van der Waals surface area contributed by atoms with Crippen LogP contribution in [0, 0.1) is 5.41 Å². The molecule has 0 saturated heterocycles. The minimum Gasteiger partial charge on any atom is -0.453 e. The van der Waals surface area contributed by atoms with Crippen LogP contribution in [0.1, 0.15) is 26.0 Å². The molecule has 1 heterocycles. The second kappa shape index (κ2) is 4.11. The normalized spacial score (nSPS) is 28.8. The van der Waals surface area contributed by atoms with E-state index < -0.39 is 0 Å². The Bertz CT molecular complexity index is 350. The van der Waals surface area contributed by atoms with Crippen molar-refractivity contribution >= 4 is 27.5 Å². The monoisotopic (exact) mass is 291 g/mol. The fraction of sp³-hybridized carbons (Fsp3) is 0.636. The van der Waals surface area contributed by atoms with E-state index >= 15 is 0 Å². The Hall–Kier alpha value is 0.01000. The predicted molar refractivity (Wildman–Crippen MR) is 65.1 cm³/mol. The maximum Gasteiger partial charge on any atom is 0.169 e. The van der Waals surface area contributed by atoms with E-state index in [2.05, 4.69) is 35.1 Å². The third-order valence-corrected chi connectivity index (χ3v) is 4.47. The molecule has 0 amide bonds. The molecule has 4 heteroatoms. The lowest BCUT2D eigenvalue weighted by molar-refractivity contribution is 0.113. The molecule has 1 aliphatic rings. The van der Waals surface area contributed by atoms with Crippen LogP contribution >= 0.6 is 27.5 Å². The van der Waals surface area contributed by atoms with Gasteiger partial charge < -0.3 is 9.73 Å². The van der Waals surface area contributed by atoms with Crippen LogP contribution in [0.15, 0.2) is 21.2 Å². The van der Waals surface area contributed by atoms with Crippen molar-refractivity contribution in [2.24, 2.45) is 5.41 Å². The Morgan fingerprint density at radius 3 is 2.80 bits per heavy atom. The zero-order valence-corrected chi connectivity index (χ0v) is 11.2. The Balaban J connectivity index is 1.85. The van der Waals surface area contributed by atoms with Crippen molar-refractivity contribution in [1.82, 2.24) is 5.32 Å². The molecule has 1 aromatic rings. The van der Waals surface area contributed by atoms with E-state index in [1.54, 1.807) is 0 Å². The van der Waals surface area contributed by atoms with Gasteiger partial charge >= 0.3 is 0 Å². The van der Waals surface area contributed by atoms with Crippen LogP contribution in [0.25, 0.3) is 0 Å². The highest BCUT2D eigenvalue weighted by molar-refractivity contribution is 9.10. The first-order valence-electron chi connectivity index (χ1n) is 5.12. The zero-order chi connectivity index (χ0) is 11.1. The first-order valence-corrected chi connectivity index (χ1v) is 6.35. The molecule has 1 saturated carbocycles. The predicted octanol–water partition coefficient (Wildman–Crippen LogP) is 3.54. The molecule has 1 fully saturated rings. The van der Waals surface area contributed by atoms with Gasteiger partial charge in [-0.15, -0.1) is 11.6 Å². The van der Waals surface area contributed by atoms with E-state index in [4.69, 9.17) is 16.0 Å². The number of nitrogens with one attached hydrogen (secondary N) is 1. The topological polar surface area (TPSA) is 25.2 Å². The third-order valence-electron chi connectivity index (χ3n) is 3.30. The highest BCUT2D eigenvalue weighted by atomic mass is 79.9. The molecule has 1 aliphatic carbocycles. The van der Waals surface area contributed by atoms with Gasteiger partial charge in [0.05, 0.1) is 6.54 Å². The fourth-order valence-corrected chi connectivity index (χ4v) is 2.56. The second-order valence-electron chi connectivity index (χ2n) is 4.66. The highest BCUT2D eigenvalue weighted by Gasteiger charge is 2.46. The fourth-order valence-electron chi connectivity index (χ4n) is 1.89. The first-order chi connectivity index (χ1) is 7.00. The number of alkyl halides is 1. The molecular formula is C11H15BrClNO. The standard InChI is InChI=1S/C11H15BrClNO/c1-11(2)8(13)5-9(11)14-6-7-3-4-10(12)15-7/h3-4,8-9,14H,5-6H2,1-2H3. The summed E-state index contributed by atoms with van der Waals surface area (Å²) in [5.74, 6) is 0.954. The van der Waals surface area contributed by atoms with Gasteiger partial charge in [-0.1, -0.05) is 13.8 Å². The van der Waals surface area contributed by atoms with E-state index in [1.165, 1.54) is 0 Å². The van der Waals surface area contributed by atoms with E-state index in [0.29, 0.717) is 11.4 Å². The van der Waals surface area contributed by atoms with E-state index in [9.17, 15) is 0 Å². The molecule has 0 radical (unpaired) electrons. The Morgan fingerprint density at radius 2 is 2.33 bits per heavy atom. The molecule has 15 heavy (non-hydrogen) atoms. The molecule has 1 N–H and O–H groups in total. The van der Waals surface area contributed by atoms with Gasteiger partial charge in [0.1, 0.15) is 5.76 Å². The lowest BCUT2D eigenvalue weighted by Gasteiger charge is -2.49. The molecule has 0 aromatic carbocycles. The van der Waals surface area contributed by atoms with Gasteiger partial charge in [-0.25, -0.2) is 0 Å². The summed E-state index contributed by atoms with van der Waals surface area (Å²) in [5.41, 5.74) is 0.186. The lowest BCUT2D eigenvalue weighted by Crippen LogP contribution is -2.57. The quantitative estimate of drug-likeness (QED) is 0.862. The molecular weight excluding hydrogens is 277 g/mol. The summed E-state index contributed by atoms with van der Waals surface area (Å²) in [7, 11) is 0. The summed E-state index contributed by atoms with van der Waals surface area (Å²) in [5, 5.41) is 3.76. The third kappa shape index (κ3) is 2.24. The Morgan fingerprint density at radius 1 is 1.60 bits per heavy atom. The number of hydrogen-bond acceptors (Lipinski definition) is 2. The van der Waals surface area contributed by atoms with Crippen molar-refractivity contribution < 1.29 is 4.42 Å². The van der Waals surface area contributed by atoms with Crippen molar-refractivity contribution in [2.45, 2.75) is 38.2 Å². The summed E-state index contributed by atoms with van der Waals surface area (Å²) in [6, 6.07) is 4.37. The summed E-state index contributed by atoms with van der Waals surface area (Å²) < 4.78 is 6.20. The lowest BCUT2D eigenvalue weighted by atomic mass is 9.67. The van der Waals surface area contributed by atoms with Crippen LogP contribution in [0.3, 0.4) is 0 Å². The molecule has 2 unspecified atom stereocenters. The minimum atomic E-state index is 0.186. The van der Waals surface area contributed by atoms with Crippen molar-refractivity contribution in [3.05, 3.63) is 22.6 Å². The maximum absolute atomic E-state index is 6.15. The van der Waals surface area contributed by atoms with Crippen molar-refractivity contribution in [1.29, 1.82) is 0 Å². The van der Waals surface area contributed by atoms with Crippen LogP contribution in [-0.2, 0) is 6.54 Å². The van der Waals surface area contributed by atoms with Gasteiger partial charge in [-0.2, -0.15) is 0 Å². The van der Waals surface area contributed by atoms with Crippen LogP contribution in [0.4, 0.5) is 0 Å². The van der Waals surface area contributed by atoms with E-state index in [0.717, 1.165) is 23.4 Å². The van der Waals surface area contributed by atoms with Crippen molar-refractivity contribution in [3.8, 4) is 0 Å². The van der Waals surface area contributed by atoms with Gasteiger partial charge in [0.15, 0.2) is 4.67 Å². The van der Waals surface area contributed by atoms with Gasteiger partial charge in [-0.3, -0.25) is 0 Å². The van der Waals surface area contributed by atoms with Crippen LogP contribution < -0.4 is 5.32 Å². The molecule has 0 bridgehead atoms. The Kier molecular flexibility index (Phi) is 3.15. The summed E-state index contributed by atoms with van der Waals surface area (Å²) in [6.45, 7) is 5.16. The van der Waals surface area contributed by atoms with Gasteiger partial charge in [0, 0.05) is 11.4 Å². The van der Waals surface area contributed by atoms with Gasteiger partial charge in [0.2, 0.25) is 0 Å². The number of furan rings is 1. The Labute approximate surface area is 103 Å². The molecule has 0 spiro atoms. The van der Waals surface area contributed by atoms with Crippen LogP contribution in [0.2, 0.25) is 0 Å². The van der Waals surface area contributed by atoms with Crippen LogP contribution in [0.5, 0.6) is 0 Å². The van der Waals surface area contributed by atoms with Gasteiger partial charge in [-0.05, 0) is 39.9 Å². The van der Waals surface area contributed by atoms with Crippen LogP contribution in [-0.4, -0.2) is 11.4 Å². The van der Waals surface area contributed by atoms with Crippen molar-refractivity contribution in [2.75, 3.05) is 0 Å². The molecule has 2 rings (SSSR count). The van der Waals surface area contributed by atoms with Gasteiger partial charge in [0.25, 0.3) is 0 Å². The van der Waals surface area contributed by atoms with E-state index in [-0.39, 0.29) is 5.41 Å². The summed E-state index contributed by atoms with van der Waals surface area (Å²) in [6.07, 6.45) is 1.04. The molecule has 2 nitrogen and oxygen atoms in total. The zero-order valence-electron chi connectivity index (χ0n) is 8.89. The number of hydrogen-bond donors (Lipinski definition) is 1. The van der Waals surface area contributed by atoms with E-state index in [1.807, 2.05) is 12.1 Å². The number of halogens is 2. The summed E-state index contributed by atoms with van der Waals surface area (Å²) >= 11 is 9.44. The molecule has 1 aromatic heterocycles. The highest BCUT2D eigenvalue weighted by Crippen LogP contribution is 2.44. The number of rotatable bonds is 3. The molecule has 0 aliphatic heterocycles. The smallest absolute Gasteiger partial charge is 0.169 e. The maximum atomic E-state index is 6.15. The molecule has 2 atom stereocenters. The molecule has 84 valence electrons. The SMILES string of the molecule is CC1(C)C(Cl)CC1NCc1ccc(Br)o1. The second-order valence-corrected chi connectivity index (χ2v) is 5.97. The first kappa shape index (κ1) is 11.5.